The Hall–Kier alpha value is -1.62. The number of ether oxygens (including phenoxy) is 2. The number of rotatable bonds is 8. The third kappa shape index (κ3) is 5.34. The average molecular weight is 307 g/mol. The summed E-state index contributed by atoms with van der Waals surface area (Å²) in [7, 11) is 1.69. The van der Waals surface area contributed by atoms with E-state index < -0.39 is 0 Å². The zero-order valence-corrected chi connectivity index (χ0v) is 12.8. The van der Waals surface area contributed by atoms with Crippen molar-refractivity contribution in [3.8, 4) is 5.75 Å². The number of halogens is 1. The highest BCUT2D eigenvalue weighted by atomic mass is 35.5. The standard InChI is InChI=1S/C16H19ClN2O2/c1-20-9-8-19-11-14-2-3-16(15(17)10-14)21-12-13-4-6-18-7-5-13/h2-7,10,19H,8-9,11-12H2,1H3. The number of benzene rings is 1. The highest BCUT2D eigenvalue weighted by Crippen LogP contribution is 2.26. The Labute approximate surface area is 130 Å². The molecule has 0 unspecified atom stereocenters. The smallest absolute Gasteiger partial charge is 0.138 e. The quantitative estimate of drug-likeness (QED) is 0.761. The molecule has 2 aromatic rings. The highest BCUT2D eigenvalue weighted by Gasteiger charge is 2.04. The number of aromatic nitrogens is 1. The van der Waals surface area contributed by atoms with Crippen molar-refractivity contribution in [1.82, 2.24) is 10.3 Å². The zero-order valence-electron chi connectivity index (χ0n) is 12.0. The van der Waals surface area contributed by atoms with E-state index in [9.17, 15) is 0 Å². The number of hydrogen-bond donors (Lipinski definition) is 1. The maximum atomic E-state index is 6.25. The SMILES string of the molecule is COCCNCc1ccc(OCc2ccncc2)c(Cl)c1. The molecular weight excluding hydrogens is 288 g/mol. The van der Waals surface area contributed by atoms with E-state index in [2.05, 4.69) is 10.3 Å². The van der Waals surface area contributed by atoms with Gasteiger partial charge in [-0.25, -0.2) is 0 Å². The van der Waals surface area contributed by atoms with E-state index in [0.29, 0.717) is 24.0 Å². The van der Waals surface area contributed by atoms with Crippen LogP contribution in [0.2, 0.25) is 5.02 Å². The molecule has 21 heavy (non-hydrogen) atoms. The maximum Gasteiger partial charge on any atom is 0.138 e. The average Bonchev–Trinajstić information content (AvgIpc) is 2.52. The molecule has 0 atom stereocenters. The number of pyridine rings is 1. The molecule has 0 fully saturated rings. The van der Waals surface area contributed by atoms with Crippen LogP contribution in [-0.2, 0) is 17.9 Å². The minimum absolute atomic E-state index is 0.480. The van der Waals surface area contributed by atoms with Gasteiger partial charge in [0.15, 0.2) is 0 Å². The third-order valence-electron chi connectivity index (χ3n) is 2.95. The first kappa shape index (κ1) is 15.8. The number of nitrogens with zero attached hydrogens (tertiary/aromatic N) is 1. The lowest BCUT2D eigenvalue weighted by molar-refractivity contribution is 0.199. The van der Waals surface area contributed by atoms with Gasteiger partial charge < -0.3 is 14.8 Å². The van der Waals surface area contributed by atoms with E-state index in [-0.39, 0.29) is 0 Å². The van der Waals surface area contributed by atoms with Gasteiger partial charge in [0.1, 0.15) is 12.4 Å². The van der Waals surface area contributed by atoms with Crippen LogP contribution in [0.15, 0.2) is 42.7 Å². The Morgan fingerprint density at radius 3 is 2.67 bits per heavy atom. The monoisotopic (exact) mass is 306 g/mol. The van der Waals surface area contributed by atoms with Gasteiger partial charge in [-0.2, -0.15) is 0 Å². The maximum absolute atomic E-state index is 6.25. The lowest BCUT2D eigenvalue weighted by Crippen LogP contribution is -2.18. The molecule has 0 aliphatic rings. The number of hydrogen-bond acceptors (Lipinski definition) is 4. The molecule has 1 N–H and O–H groups in total. The van der Waals surface area contributed by atoms with E-state index in [1.54, 1.807) is 19.5 Å². The second-order valence-corrected chi connectivity index (χ2v) is 4.99. The second kappa shape index (κ2) is 8.62. The number of nitrogens with one attached hydrogen (secondary N) is 1. The van der Waals surface area contributed by atoms with Crippen LogP contribution in [0, 0.1) is 0 Å². The molecule has 0 radical (unpaired) electrons. The molecule has 0 saturated carbocycles. The van der Waals surface area contributed by atoms with Crippen molar-refractivity contribution in [3.63, 3.8) is 0 Å². The van der Waals surface area contributed by atoms with Crippen molar-refractivity contribution in [3.05, 3.63) is 58.9 Å². The molecule has 0 saturated heterocycles. The van der Waals surface area contributed by atoms with Gasteiger partial charge in [-0.05, 0) is 35.4 Å². The molecule has 0 bridgehead atoms. The third-order valence-corrected chi connectivity index (χ3v) is 3.25. The van der Waals surface area contributed by atoms with E-state index in [1.165, 1.54) is 0 Å². The lowest BCUT2D eigenvalue weighted by Gasteiger charge is -2.10. The van der Waals surface area contributed by atoms with Crippen molar-refractivity contribution in [2.45, 2.75) is 13.2 Å². The number of methoxy groups -OCH3 is 1. The largest absolute Gasteiger partial charge is 0.487 e. The van der Waals surface area contributed by atoms with Crippen LogP contribution >= 0.6 is 11.6 Å². The lowest BCUT2D eigenvalue weighted by atomic mass is 10.2. The summed E-state index contributed by atoms with van der Waals surface area (Å²) >= 11 is 6.25. The molecular formula is C16H19ClN2O2. The summed E-state index contributed by atoms with van der Waals surface area (Å²) < 4.78 is 10.7. The van der Waals surface area contributed by atoms with Gasteiger partial charge in [0.2, 0.25) is 0 Å². The van der Waals surface area contributed by atoms with Gasteiger partial charge in [0.25, 0.3) is 0 Å². The first-order chi connectivity index (χ1) is 10.3. The predicted octanol–water partition coefficient (Wildman–Crippen LogP) is 3.05. The van der Waals surface area contributed by atoms with Crippen LogP contribution in [-0.4, -0.2) is 25.2 Å². The van der Waals surface area contributed by atoms with E-state index >= 15 is 0 Å². The topological polar surface area (TPSA) is 43.4 Å². The van der Waals surface area contributed by atoms with Gasteiger partial charge in [0, 0.05) is 32.6 Å². The van der Waals surface area contributed by atoms with E-state index in [0.717, 1.165) is 24.2 Å². The Morgan fingerprint density at radius 1 is 1.14 bits per heavy atom. The molecule has 1 aromatic carbocycles. The Morgan fingerprint density at radius 2 is 1.95 bits per heavy atom. The molecule has 2 rings (SSSR count). The van der Waals surface area contributed by atoms with Crippen LogP contribution in [0.3, 0.4) is 0 Å². The van der Waals surface area contributed by atoms with Crippen LogP contribution in [0.25, 0.3) is 0 Å². The summed E-state index contributed by atoms with van der Waals surface area (Å²) in [6.07, 6.45) is 3.49. The molecule has 0 amide bonds. The molecule has 0 aliphatic carbocycles. The summed E-state index contributed by atoms with van der Waals surface area (Å²) in [6, 6.07) is 9.66. The summed E-state index contributed by atoms with van der Waals surface area (Å²) in [4.78, 5) is 3.97. The van der Waals surface area contributed by atoms with Gasteiger partial charge >= 0.3 is 0 Å². The molecule has 1 heterocycles. The van der Waals surface area contributed by atoms with Crippen molar-refractivity contribution in [2.75, 3.05) is 20.3 Å². The fourth-order valence-electron chi connectivity index (χ4n) is 1.82. The van der Waals surface area contributed by atoms with Crippen LogP contribution in [0.1, 0.15) is 11.1 Å². The van der Waals surface area contributed by atoms with E-state index in [1.807, 2.05) is 30.3 Å². The van der Waals surface area contributed by atoms with Crippen molar-refractivity contribution < 1.29 is 9.47 Å². The Bertz CT molecular complexity index is 549. The second-order valence-electron chi connectivity index (χ2n) is 4.58. The zero-order chi connectivity index (χ0) is 14.9. The first-order valence-corrected chi connectivity index (χ1v) is 7.17. The first-order valence-electron chi connectivity index (χ1n) is 6.79. The summed E-state index contributed by atoms with van der Waals surface area (Å²) in [6.45, 7) is 2.75. The van der Waals surface area contributed by atoms with Crippen LogP contribution in [0.5, 0.6) is 5.75 Å². The molecule has 112 valence electrons. The van der Waals surface area contributed by atoms with Crippen LogP contribution < -0.4 is 10.1 Å². The molecule has 4 nitrogen and oxygen atoms in total. The van der Waals surface area contributed by atoms with Crippen LogP contribution in [0.4, 0.5) is 0 Å². The van der Waals surface area contributed by atoms with Gasteiger partial charge in [-0.3, -0.25) is 4.98 Å². The van der Waals surface area contributed by atoms with Crippen molar-refractivity contribution in [1.29, 1.82) is 0 Å². The summed E-state index contributed by atoms with van der Waals surface area (Å²) in [5.74, 6) is 0.689. The molecule has 0 aliphatic heterocycles. The summed E-state index contributed by atoms with van der Waals surface area (Å²) in [5, 5.41) is 3.90. The molecule has 5 heteroatoms. The minimum atomic E-state index is 0.480. The van der Waals surface area contributed by atoms with Gasteiger partial charge in [-0.1, -0.05) is 17.7 Å². The normalized spacial score (nSPS) is 10.6. The fourth-order valence-corrected chi connectivity index (χ4v) is 2.08. The summed E-state index contributed by atoms with van der Waals surface area (Å²) in [5.41, 5.74) is 2.18. The van der Waals surface area contributed by atoms with Crippen molar-refractivity contribution >= 4 is 11.6 Å². The van der Waals surface area contributed by atoms with Gasteiger partial charge in [-0.15, -0.1) is 0 Å². The fraction of sp³-hybridized carbons (Fsp3) is 0.312. The minimum Gasteiger partial charge on any atom is -0.487 e. The predicted molar refractivity (Wildman–Crippen MR) is 83.6 cm³/mol. The van der Waals surface area contributed by atoms with Crippen molar-refractivity contribution in [2.24, 2.45) is 0 Å². The molecule has 0 spiro atoms. The highest BCUT2D eigenvalue weighted by molar-refractivity contribution is 6.32. The Kier molecular flexibility index (Phi) is 6.47. The Balaban J connectivity index is 1.87. The molecule has 1 aromatic heterocycles. The van der Waals surface area contributed by atoms with E-state index in [4.69, 9.17) is 21.1 Å². The van der Waals surface area contributed by atoms with Gasteiger partial charge in [0.05, 0.1) is 11.6 Å².